The number of carbonyl (C=O) groups excluding carboxylic acids is 2. The van der Waals surface area contributed by atoms with Gasteiger partial charge in [-0.15, -0.1) is 0 Å². The van der Waals surface area contributed by atoms with Gasteiger partial charge < -0.3 is 10.6 Å². The molecule has 0 saturated heterocycles. The summed E-state index contributed by atoms with van der Waals surface area (Å²) in [7, 11) is 1.59. The first-order valence-electron chi connectivity index (χ1n) is 7.56. The molecule has 0 radical (unpaired) electrons. The third-order valence-electron chi connectivity index (χ3n) is 3.56. The summed E-state index contributed by atoms with van der Waals surface area (Å²) < 4.78 is 1.00. The monoisotopic (exact) mass is 386 g/mol. The van der Waals surface area contributed by atoms with Crippen molar-refractivity contribution in [1.29, 1.82) is 0 Å². The Labute approximate surface area is 150 Å². The summed E-state index contributed by atoms with van der Waals surface area (Å²) in [6, 6.07) is 14.8. The van der Waals surface area contributed by atoms with Gasteiger partial charge >= 0.3 is 0 Å². The second-order valence-corrected chi connectivity index (χ2v) is 6.23. The predicted molar refractivity (Wildman–Crippen MR) is 99.6 cm³/mol. The molecule has 2 aromatic carbocycles. The van der Waals surface area contributed by atoms with E-state index in [2.05, 4.69) is 26.6 Å². The van der Waals surface area contributed by atoms with Crippen LogP contribution in [0.1, 0.15) is 34.5 Å². The largest absolute Gasteiger partial charge is 0.355 e. The molecule has 24 heavy (non-hydrogen) atoms. The second kappa shape index (κ2) is 8.45. The van der Waals surface area contributed by atoms with E-state index < -0.39 is 0 Å². The summed E-state index contributed by atoms with van der Waals surface area (Å²) in [5, 5.41) is 5.49. The van der Waals surface area contributed by atoms with Crippen LogP contribution < -0.4 is 10.6 Å². The number of carbonyl (C=O) groups is 2. The molecule has 0 saturated carbocycles. The van der Waals surface area contributed by atoms with Crippen LogP contribution in [0.4, 0.5) is 0 Å². The van der Waals surface area contributed by atoms with Crippen molar-refractivity contribution in [3.05, 3.63) is 75.8 Å². The van der Waals surface area contributed by atoms with E-state index in [0.717, 1.165) is 15.6 Å². The second-order valence-electron chi connectivity index (χ2n) is 5.32. The van der Waals surface area contributed by atoms with Crippen LogP contribution >= 0.6 is 15.9 Å². The number of nitrogens with one attached hydrogen (secondary N) is 2. The summed E-state index contributed by atoms with van der Waals surface area (Å²) in [5.74, 6) is -0.299. The highest BCUT2D eigenvalue weighted by molar-refractivity contribution is 9.10. The Morgan fingerprint density at radius 3 is 2.25 bits per heavy atom. The van der Waals surface area contributed by atoms with Gasteiger partial charge in [-0.1, -0.05) is 40.2 Å². The molecule has 2 aromatic rings. The fraction of sp³-hybridized carbons (Fsp3) is 0.158. The van der Waals surface area contributed by atoms with Gasteiger partial charge in [0.2, 0.25) is 5.91 Å². The van der Waals surface area contributed by atoms with E-state index in [0.29, 0.717) is 5.56 Å². The Kier molecular flexibility index (Phi) is 6.32. The van der Waals surface area contributed by atoms with E-state index in [1.165, 1.54) is 6.08 Å². The smallest absolute Gasteiger partial charge is 0.251 e. The third kappa shape index (κ3) is 5.06. The summed E-state index contributed by atoms with van der Waals surface area (Å²) in [4.78, 5) is 23.5. The average molecular weight is 387 g/mol. The molecule has 0 heterocycles. The standard InChI is InChI=1S/C19H19BrN2O2/c1-13(15-8-10-17(20)11-9-15)22-18(23)12-5-14-3-6-16(7-4-14)19(24)21-2/h3-13H,1-2H3,(H,21,24)(H,22,23)/b12-5+. The van der Waals surface area contributed by atoms with Crippen molar-refractivity contribution in [3.63, 3.8) is 0 Å². The maximum Gasteiger partial charge on any atom is 0.251 e. The third-order valence-corrected chi connectivity index (χ3v) is 4.08. The van der Waals surface area contributed by atoms with Gasteiger partial charge in [-0.2, -0.15) is 0 Å². The predicted octanol–water partition coefficient (Wildman–Crippen LogP) is 3.70. The minimum Gasteiger partial charge on any atom is -0.355 e. The van der Waals surface area contributed by atoms with Crippen LogP contribution in [-0.4, -0.2) is 18.9 Å². The zero-order valence-electron chi connectivity index (χ0n) is 13.5. The Morgan fingerprint density at radius 1 is 1.04 bits per heavy atom. The van der Waals surface area contributed by atoms with E-state index in [1.807, 2.05) is 31.2 Å². The Hall–Kier alpha value is -2.40. The number of halogens is 1. The summed E-state index contributed by atoms with van der Waals surface area (Å²) in [6.07, 6.45) is 3.21. The molecule has 2 amide bonds. The highest BCUT2D eigenvalue weighted by Crippen LogP contribution is 2.16. The van der Waals surface area contributed by atoms with Crippen LogP contribution in [0.5, 0.6) is 0 Å². The van der Waals surface area contributed by atoms with E-state index in [9.17, 15) is 9.59 Å². The molecule has 124 valence electrons. The van der Waals surface area contributed by atoms with Crippen LogP contribution in [0.25, 0.3) is 6.08 Å². The lowest BCUT2D eigenvalue weighted by Gasteiger charge is -2.12. The quantitative estimate of drug-likeness (QED) is 0.769. The number of rotatable bonds is 5. The van der Waals surface area contributed by atoms with Gasteiger partial charge in [0.25, 0.3) is 5.91 Å². The molecule has 0 aromatic heterocycles. The molecule has 1 atom stereocenters. The molecule has 0 aliphatic rings. The zero-order chi connectivity index (χ0) is 17.5. The Morgan fingerprint density at radius 2 is 1.67 bits per heavy atom. The molecule has 0 fully saturated rings. The molecule has 5 heteroatoms. The lowest BCUT2D eigenvalue weighted by atomic mass is 10.1. The molecule has 0 aliphatic heterocycles. The van der Waals surface area contributed by atoms with Crippen molar-refractivity contribution in [1.82, 2.24) is 10.6 Å². The molecule has 0 aliphatic carbocycles. The van der Waals surface area contributed by atoms with Crippen molar-refractivity contribution >= 4 is 33.8 Å². The molecule has 4 nitrogen and oxygen atoms in total. The van der Waals surface area contributed by atoms with Gasteiger partial charge in [0.1, 0.15) is 0 Å². The van der Waals surface area contributed by atoms with Crippen LogP contribution in [0.2, 0.25) is 0 Å². The normalized spacial score (nSPS) is 12.0. The molecule has 0 bridgehead atoms. The molecular weight excluding hydrogens is 368 g/mol. The van der Waals surface area contributed by atoms with E-state index >= 15 is 0 Å². The van der Waals surface area contributed by atoms with Gasteiger partial charge in [0.05, 0.1) is 6.04 Å². The minimum atomic E-state index is -0.166. The van der Waals surface area contributed by atoms with Gasteiger partial charge in [-0.25, -0.2) is 0 Å². The van der Waals surface area contributed by atoms with Gasteiger partial charge in [-0.05, 0) is 48.4 Å². The molecule has 1 unspecified atom stereocenters. The van der Waals surface area contributed by atoms with Crippen molar-refractivity contribution in [2.24, 2.45) is 0 Å². The zero-order valence-corrected chi connectivity index (χ0v) is 15.1. The lowest BCUT2D eigenvalue weighted by molar-refractivity contribution is -0.117. The Bertz CT molecular complexity index is 737. The Balaban J connectivity index is 1.94. The van der Waals surface area contributed by atoms with E-state index in [4.69, 9.17) is 0 Å². The summed E-state index contributed by atoms with van der Waals surface area (Å²) >= 11 is 3.39. The van der Waals surface area contributed by atoms with Gasteiger partial charge in [0.15, 0.2) is 0 Å². The molecule has 2 rings (SSSR count). The topological polar surface area (TPSA) is 58.2 Å². The van der Waals surface area contributed by atoms with Crippen molar-refractivity contribution in [2.45, 2.75) is 13.0 Å². The van der Waals surface area contributed by atoms with Crippen molar-refractivity contribution < 1.29 is 9.59 Å². The van der Waals surface area contributed by atoms with Gasteiger partial charge in [0, 0.05) is 23.2 Å². The van der Waals surface area contributed by atoms with Crippen LogP contribution in [0.3, 0.4) is 0 Å². The van der Waals surface area contributed by atoms with E-state index in [-0.39, 0.29) is 17.9 Å². The highest BCUT2D eigenvalue weighted by atomic mass is 79.9. The molecular formula is C19H19BrN2O2. The van der Waals surface area contributed by atoms with Crippen molar-refractivity contribution in [3.8, 4) is 0 Å². The fourth-order valence-corrected chi connectivity index (χ4v) is 2.42. The van der Waals surface area contributed by atoms with Crippen molar-refractivity contribution in [2.75, 3.05) is 7.05 Å². The molecule has 2 N–H and O–H groups in total. The maximum absolute atomic E-state index is 12.0. The lowest BCUT2D eigenvalue weighted by Crippen LogP contribution is -2.24. The first-order valence-corrected chi connectivity index (χ1v) is 8.35. The number of amides is 2. The van der Waals surface area contributed by atoms with Gasteiger partial charge in [-0.3, -0.25) is 9.59 Å². The number of hydrogen-bond donors (Lipinski definition) is 2. The fourth-order valence-electron chi connectivity index (χ4n) is 2.16. The van der Waals surface area contributed by atoms with Crippen LogP contribution in [0.15, 0.2) is 59.1 Å². The van der Waals surface area contributed by atoms with E-state index in [1.54, 1.807) is 37.4 Å². The van der Waals surface area contributed by atoms with Crippen LogP contribution in [0, 0.1) is 0 Å². The average Bonchev–Trinajstić information content (AvgIpc) is 2.60. The first-order chi connectivity index (χ1) is 11.5. The maximum atomic E-state index is 12.0. The highest BCUT2D eigenvalue weighted by Gasteiger charge is 2.07. The van der Waals surface area contributed by atoms with Crippen LogP contribution in [-0.2, 0) is 4.79 Å². The first kappa shape index (κ1) is 17.9. The summed E-state index contributed by atoms with van der Waals surface area (Å²) in [5.41, 5.74) is 2.48. The number of hydrogen-bond acceptors (Lipinski definition) is 2. The SMILES string of the molecule is CNC(=O)c1ccc(/C=C/C(=O)NC(C)c2ccc(Br)cc2)cc1. The summed E-state index contributed by atoms with van der Waals surface area (Å²) in [6.45, 7) is 1.94. The molecule has 0 spiro atoms. The minimum absolute atomic E-state index is 0.0779. The number of benzene rings is 2.